The van der Waals surface area contributed by atoms with Gasteiger partial charge in [0.2, 0.25) is 0 Å². The number of halogens is 1. The van der Waals surface area contributed by atoms with Gasteiger partial charge in [-0.05, 0) is 31.1 Å². The third-order valence-electron chi connectivity index (χ3n) is 2.55. The molecule has 0 radical (unpaired) electrons. The van der Waals surface area contributed by atoms with E-state index in [0.717, 1.165) is 12.1 Å². The van der Waals surface area contributed by atoms with Crippen LogP contribution in [0.25, 0.3) is 0 Å². The molecule has 1 rings (SSSR count). The molecule has 0 bridgehead atoms. The SMILES string of the molecule is CN(C)CCOc1cc(F)ccc1C(C)(C)C. The van der Waals surface area contributed by atoms with Crippen molar-refractivity contribution in [3.63, 3.8) is 0 Å². The Labute approximate surface area is 103 Å². The number of nitrogens with zero attached hydrogens (tertiary/aromatic N) is 1. The van der Waals surface area contributed by atoms with Crippen LogP contribution in [0.4, 0.5) is 4.39 Å². The van der Waals surface area contributed by atoms with Crippen LogP contribution in [-0.2, 0) is 5.41 Å². The van der Waals surface area contributed by atoms with E-state index in [-0.39, 0.29) is 11.2 Å². The third kappa shape index (κ3) is 4.35. The van der Waals surface area contributed by atoms with E-state index in [1.54, 1.807) is 6.07 Å². The molecule has 0 aliphatic heterocycles. The first-order valence-electron chi connectivity index (χ1n) is 5.88. The van der Waals surface area contributed by atoms with E-state index in [2.05, 4.69) is 20.8 Å². The molecule has 0 saturated carbocycles. The number of ether oxygens (including phenoxy) is 1. The average Bonchev–Trinajstić information content (AvgIpc) is 2.15. The Hall–Kier alpha value is -1.09. The minimum Gasteiger partial charge on any atom is -0.492 e. The van der Waals surface area contributed by atoms with Crippen LogP contribution in [0.15, 0.2) is 18.2 Å². The summed E-state index contributed by atoms with van der Waals surface area (Å²) in [6.45, 7) is 7.68. The Morgan fingerprint density at radius 1 is 1.24 bits per heavy atom. The molecule has 0 spiro atoms. The molecule has 0 amide bonds. The van der Waals surface area contributed by atoms with E-state index >= 15 is 0 Å². The maximum absolute atomic E-state index is 13.2. The molecule has 0 aliphatic rings. The second-order valence-corrected chi connectivity index (χ2v) is 5.54. The summed E-state index contributed by atoms with van der Waals surface area (Å²) in [6.07, 6.45) is 0. The van der Waals surface area contributed by atoms with Crippen LogP contribution in [0.2, 0.25) is 0 Å². The standard InChI is InChI=1S/C14H22FNO/c1-14(2,3)12-7-6-11(15)10-13(12)17-9-8-16(4)5/h6-7,10H,8-9H2,1-5H3. The summed E-state index contributed by atoms with van der Waals surface area (Å²) in [5, 5.41) is 0. The molecule has 96 valence electrons. The lowest BCUT2D eigenvalue weighted by Gasteiger charge is -2.23. The fourth-order valence-electron chi connectivity index (χ4n) is 1.57. The highest BCUT2D eigenvalue weighted by Crippen LogP contribution is 2.31. The Morgan fingerprint density at radius 2 is 1.88 bits per heavy atom. The van der Waals surface area contributed by atoms with Crippen molar-refractivity contribution in [3.8, 4) is 5.75 Å². The first-order valence-corrected chi connectivity index (χ1v) is 5.88. The van der Waals surface area contributed by atoms with Gasteiger partial charge in [-0.3, -0.25) is 0 Å². The van der Waals surface area contributed by atoms with Crippen LogP contribution in [0.1, 0.15) is 26.3 Å². The lowest BCUT2D eigenvalue weighted by Crippen LogP contribution is -2.21. The van der Waals surface area contributed by atoms with Crippen molar-refractivity contribution in [3.05, 3.63) is 29.6 Å². The molecule has 0 heterocycles. The highest BCUT2D eigenvalue weighted by molar-refractivity contribution is 5.38. The summed E-state index contributed by atoms with van der Waals surface area (Å²) in [5.74, 6) is 0.400. The number of rotatable bonds is 4. The van der Waals surface area contributed by atoms with Gasteiger partial charge in [0, 0.05) is 12.6 Å². The molecule has 0 fully saturated rings. The normalized spacial score (nSPS) is 11.9. The second kappa shape index (κ2) is 5.50. The highest BCUT2D eigenvalue weighted by atomic mass is 19.1. The molecule has 0 aromatic heterocycles. The monoisotopic (exact) mass is 239 g/mol. The van der Waals surface area contributed by atoms with Gasteiger partial charge in [-0.25, -0.2) is 4.39 Å². The number of likely N-dealkylation sites (N-methyl/N-ethyl adjacent to an activating group) is 1. The van der Waals surface area contributed by atoms with Gasteiger partial charge in [-0.1, -0.05) is 26.8 Å². The van der Waals surface area contributed by atoms with Gasteiger partial charge in [-0.15, -0.1) is 0 Å². The van der Waals surface area contributed by atoms with E-state index in [0.29, 0.717) is 12.4 Å². The first-order chi connectivity index (χ1) is 7.80. The summed E-state index contributed by atoms with van der Waals surface area (Å²) in [6, 6.07) is 4.76. The van der Waals surface area contributed by atoms with Crippen LogP contribution in [0.5, 0.6) is 5.75 Å². The number of hydrogen-bond acceptors (Lipinski definition) is 2. The lowest BCUT2D eigenvalue weighted by atomic mass is 9.86. The smallest absolute Gasteiger partial charge is 0.126 e. The zero-order valence-corrected chi connectivity index (χ0v) is 11.4. The van der Waals surface area contributed by atoms with Crippen LogP contribution in [0, 0.1) is 5.82 Å². The number of benzene rings is 1. The summed E-state index contributed by atoms with van der Waals surface area (Å²) in [7, 11) is 3.97. The lowest BCUT2D eigenvalue weighted by molar-refractivity contribution is 0.256. The molecule has 0 aliphatic carbocycles. The molecule has 1 aromatic carbocycles. The van der Waals surface area contributed by atoms with Crippen molar-refractivity contribution in [1.29, 1.82) is 0 Å². The number of hydrogen-bond donors (Lipinski definition) is 0. The van der Waals surface area contributed by atoms with Gasteiger partial charge < -0.3 is 9.64 Å². The fraction of sp³-hybridized carbons (Fsp3) is 0.571. The predicted octanol–water partition coefficient (Wildman–Crippen LogP) is 3.06. The van der Waals surface area contributed by atoms with Crippen molar-refractivity contribution < 1.29 is 9.13 Å². The van der Waals surface area contributed by atoms with Gasteiger partial charge in [-0.2, -0.15) is 0 Å². The summed E-state index contributed by atoms with van der Waals surface area (Å²) in [5.41, 5.74) is 0.999. The minimum atomic E-state index is -0.252. The summed E-state index contributed by atoms with van der Waals surface area (Å²) < 4.78 is 18.9. The van der Waals surface area contributed by atoms with Crippen LogP contribution in [-0.4, -0.2) is 32.1 Å². The Bertz CT molecular complexity index is 369. The van der Waals surface area contributed by atoms with Crippen LogP contribution < -0.4 is 4.74 Å². The molecular weight excluding hydrogens is 217 g/mol. The largest absolute Gasteiger partial charge is 0.492 e. The average molecular weight is 239 g/mol. The van der Waals surface area contributed by atoms with E-state index in [1.165, 1.54) is 12.1 Å². The zero-order chi connectivity index (χ0) is 13.1. The maximum Gasteiger partial charge on any atom is 0.126 e. The van der Waals surface area contributed by atoms with Gasteiger partial charge in [0.25, 0.3) is 0 Å². The van der Waals surface area contributed by atoms with Crippen molar-refractivity contribution in [2.45, 2.75) is 26.2 Å². The van der Waals surface area contributed by atoms with E-state index in [1.807, 2.05) is 19.0 Å². The quantitative estimate of drug-likeness (QED) is 0.800. The van der Waals surface area contributed by atoms with E-state index < -0.39 is 0 Å². The molecule has 0 N–H and O–H groups in total. The van der Waals surface area contributed by atoms with Gasteiger partial charge >= 0.3 is 0 Å². The van der Waals surface area contributed by atoms with Crippen molar-refractivity contribution in [2.24, 2.45) is 0 Å². The van der Waals surface area contributed by atoms with E-state index in [9.17, 15) is 4.39 Å². The van der Waals surface area contributed by atoms with Gasteiger partial charge in [0.1, 0.15) is 18.2 Å². The van der Waals surface area contributed by atoms with Crippen molar-refractivity contribution in [2.75, 3.05) is 27.2 Å². The molecule has 1 aromatic rings. The van der Waals surface area contributed by atoms with Crippen molar-refractivity contribution >= 4 is 0 Å². The summed E-state index contributed by atoms with van der Waals surface area (Å²) >= 11 is 0. The predicted molar refractivity (Wildman–Crippen MR) is 69.1 cm³/mol. The second-order valence-electron chi connectivity index (χ2n) is 5.54. The van der Waals surface area contributed by atoms with Crippen LogP contribution in [0.3, 0.4) is 0 Å². The Balaban J connectivity index is 2.84. The topological polar surface area (TPSA) is 12.5 Å². The minimum absolute atomic E-state index is 0.0405. The fourth-order valence-corrected chi connectivity index (χ4v) is 1.57. The van der Waals surface area contributed by atoms with Gasteiger partial charge in [0.15, 0.2) is 0 Å². The highest BCUT2D eigenvalue weighted by Gasteiger charge is 2.19. The first kappa shape index (κ1) is 14.0. The molecule has 0 unspecified atom stereocenters. The molecule has 2 nitrogen and oxygen atoms in total. The molecule has 3 heteroatoms. The Kier molecular flexibility index (Phi) is 4.52. The molecule has 0 atom stereocenters. The molecule has 17 heavy (non-hydrogen) atoms. The summed E-state index contributed by atoms with van der Waals surface area (Å²) in [4.78, 5) is 2.04. The van der Waals surface area contributed by atoms with Crippen molar-refractivity contribution in [1.82, 2.24) is 4.90 Å². The van der Waals surface area contributed by atoms with Crippen LogP contribution >= 0.6 is 0 Å². The zero-order valence-electron chi connectivity index (χ0n) is 11.4. The van der Waals surface area contributed by atoms with E-state index in [4.69, 9.17) is 4.74 Å². The maximum atomic E-state index is 13.2. The van der Waals surface area contributed by atoms with Gasteiger partial charge in [0.05, 0.1) is 0 Å². The molecular formula is C14H22FNO. The Morgan fingerprint density at radius 3 is 2.41 bits per heavy atom. The third-order valence-corrected chi connectivity index (χ3v) is 2.55. The molecule has 0 saturated heterocycles.